The minimum absolute atomic E-state index is 0.234. The monoisotopic (exact) mass is 216 g/mol. The van der Waals surface area contributed by atoms with Crippen LogP contribution in [0.3, 0.4) is 0 Å². The third kappa shape index (κ3) is 1.42. The zero-order chi connectivity index (χ0) is 11.3. The fraction of sp³-hybridized carbons (Fsp3) is 0.400. The summed E-state index contributed by atoms with van der Waals surface area (Å²) < 4.78 is 38.6. The van der Waals surface area contributed by atoms with E-state index in [-0.39, 0.29) is 5.56 Å². The number of hydrogen-bond donors (Lipinski definition) is 1. The quantitative estimate of drug-likeness (QED) is 0.727. The summed E-state index contributed by atoms with van der Waals surface area (Å²) in [5, 5.41) is 1.07. The maximum absolute atomic E-state index is 12.9. The second-order valence-electron chi connectivity index (χ2n) is 3.75. The molecule has 82 valence electrons. The van der Waals surface area contributed by atoms with Gasteiger partial charge in [-0.3, -0.25) is 0 Å². The molecule has 0 amide bonds. The van der Waals surface area contributed by atoms with Gasteiger partial charge in [0.15, 0.2) is 0 Å². The molecule has 1 aliphatic rings. The van der Waals surface area contributed by atoms with Gasteiger partial charge in [0.2, 0.25) is 5.66 Å². The molecule has 1 saturated heterocycles. The molecule has 0 aromatic heterocycles. The molecular formula is C10H11F3N2. The van der Waals surface area contributed by atoms with Crippen LogP contribution in [0.4, 0.5) is 13.2 Å². The van der Waals surface area contributed by atoms with Crippen LogP contribution in [0.15, 0.2) is 24.3 Å². The summed E-state index contributed by atoms with van der Waals surface area (Å²) in [6.45, 7) is 1.77. The first kappa shape index (κ1) is 10.4. The normalized spacial score (nSPS) is 30.3. The average Bonchev–Trinajstić information content (AvgIpc) is 2.77. The Kier molecular flexibility index (Phi) is 2.06. The van der Waals surface area contributed by atoms with Gasteiger partial charge in [-0.15, -0.1) is 0 Å². The molecule has 1 aliphatic heterocycles. The lowest BCUT2D eigenvalue weighted by Gasteiger charge is -2.18. The van der Waals surface area contributed by atoms with Crippen molar-refractivity contribution in [1.29, 1.82) is 0 Å². The summed E-state index contributed by atoms with van der Waals surface area (Å²) in [7, 11) is 1.38. The predicted octanol–water partition coefficient (Wildman–Crippen LogP) is 2.16. The maximum atomic E-state index is 12.9. The highest BCUT2D eigenvalue weighted by molar-refractivity contribution is 5.33. The largest absolute Gasteiger partial charge is 0.426 e. The number of halogens is 3. The van der Waals surface area contributed by atoms with Crippen LogP contribution in [0.5, 0.6) is 0 Å². The lowest BCUT2D eigenvalue weighted by atomic mass is 10.0. The van der Waals surface area contributed by atoms with E-state index in [0.717, 1.165) is 10.6 Å². The van der Waals surface area contributed by atoms with E-state index in [9.17, 15) is 13.2 Å². The highest BCUT2D eigenvalue weighted by Gasteiger charge is 2.69. The van der Waals surface area contributed by atoms with Gasteiger partial charge >= 0.3 is 6.18 Å². The van der Waals surface area contributed by atoms with Crippen molar-refractivity contribution < 1.29 is 13.2 Å². The lowest BCUT2D eigenvalue weighted by Crippen LogP contribution is -2.35. The third-order valence-electron chi connectivity index (χ3n) is 2.63. The fourth-order valence-electron chi connectivity index (χ4n) is 1.76. The standard InChI is InChI=1S/C10H11F3N2/c1-7-4-3-5-8(6-7)9(10(11,12)13)14-15(9)2/h3-6,14H,1-2H3. The van der Waals surface area contributed by atoms with Crippen LogP contribution in [-0.4, -0.2) is 18.2 Å². The van der Waals surface area contributed by atoms with Crippen molar-refractivity contribution >= 4 is 0 Å². The Morgan fingerprint density at radius 1 is 1.33 bits per heavy atom. The van der Waals surface area contributed by atoms with E-state index in [1.807, 2.05) is 0 Å². The number of hydrogen-bond acceptors (Lipinski definition) is 2. The Labute approximate surface area is 85.7 Å². The van der Waals surface area contributed by atoms with E-state index < -0.39 is 11.8 Å². The molecule has 0 aliphatic carbocycles. The molecule has 1 aromatic rings. The molecule has 0 bridgehead atoms. The summed E-state index contributed by atoms with van der Waals surface area (Å²) in [6, 6.07) is 6.43. The van der Waals surface area contributed by atoms with Crippen molar-refractivity contribution in [2.45, 2.75) is 18.8 Å². The molecule has 0 spiro atoms. The number of alkyl halides is 3. The number of benzene rings is 1. The molecule has 0 radical (unpaired) electrons. The fourth-order valence-corrected chi connectivity index (χ4v) is 1.76. The van der Waals surface area contributed by atoms with Gasteiger partial charge < -0.3 is 0 Å². The minimum atomic E-state index is -4.31. The Balaban J connectivity index is 2.45. The Morgan fingerprint density at radius 2 is 1.93 bits per heavy atom. The molecule has 2 rings (SSSR count). The number of hydrazine groups is 1. The third-order valence-corrected chi connectivity index (χ3v) is 2.63. The first-order chi connectivity index (χ1) is 6.88. The van der Waals surface area contributed by atoms with Gasteiger partial charge in [-0.2, -0.15) is 13.2 Å². The van der Waals surface area contributed by atoms with Crippen molar-refractivity contribution in [3.8, 4) is 0 Å². The topological polar surface area (TPSA) is 25.0 Å². The second-order valence-corrected chi connectivity index (χ2v) is 3.75. The first-order valence-electron chi connectivity index (χ1n) is 4.53. The first-order valence-corrected chi connectivity index (χ1v) is 4.53. The van der Waals surface area contributed by atoms with Crippen LogP contribution in [0.25, 0.3) is 0 Å². The summed E-state index contributed by atoms with van der Waals surface area (Å²) in [4.78, 5) is 0. The molecule has 2 atom stereocenters. The zero-order valence-electron chi connectivity index (χ0n) is 8.39. The molecule has 2 unspecified atom stereocenters. The van der Waals surface area contributed by atoms with Crippen LogP contribution in [0.2, 0.25) is 0 Å². The molecule has 5 heteroatoms. The zero-order valence-corrected chi connectivity index (χ0v) is 8.39. The Bertz CT molecular complexity index is 388. The van der Waals surface area contributed by atoms with Crippen LogP contribution < -0.4 is 5.43 Å². The molecule has 15 heavy (non-hydrogen) atoms. The highest BCUT2D eigenvalue weighted by Crippen LogP contribution is 2.48. The highest BCUT2D eigenvalue weighted by atomic mass is 19.4. The van der Waals surface area contributed by atoms with Gasteiger partial charge in [0.05, 0.1) is 0 Å². The summed E-state index contributed by atoms with van der Waals surface area (Å²) in [5.41, 5.74) is 1.40. The molecule has 1 fully saturated rings. The van der Waals surface area contributed by atoms with Gasteiger partial charge in [0, 0.05) is 7.05 Å². The number of rotatable bonds is 1. The van der Waals surface area contributed by atoms with E-state index in [1.54, 1.807) is 25.1 Å². The van der Waals surface area contributed by atoms with Crippen molar-refractivity contribution in [2.24, 2.45) is 0 Å². The minimum Gasteiger partial charge on any atom is -0.220 e. The smallest absolute Gasteiger partial charge is 0.220 e. The van der Waals surface area contributed by atoms with Crippen molar-refractivity contribution in [3.05, 3.63) is 35.4 Å². The van der Waals surface area contributed by atoms with Crippen molar-refractivity contribution in [3.63, 3.8) is 0 Å². The van der Waals surface area contributed by atoms with E-state index >= 15 is 0 Å². The molecule has 2 nitrogen and oxygen atoms in total. The number of aryl methyl sites for hydroxylation is 1. The van der Waals surface area contributed by atoms with E-state index in [2.05, 4.69) is 5.43 Å². The molecule has 1 N–H and O–H groups in total. The lowest BCUT2D eigenvalue weighted by molar-refractivity contribution is -0.174. The van der Waals surface area contributed by atoms with Crippen molar-refractivity contribution in [1.82, 2.24) is 10.4 Å². The summed E-state index contributed by atoms with van der Waals surface area (Å²) in [5.74, 6) is 0. The summed E-state index contributed by atoms with van der Waals surface area (Å²) >= 11 is 0. The molecule has 1 heterocycles. The van der Waals surface area contributed by atoms with E-state index in [0.29, 0.717) is 0 Å². The van der Waals surface area contributed by atoms with Gasteiger partial charge in [0.25, 0.3) is 0 Å². The van der Waals surface area contributed by atoms with Crippen LogP contribution in [0, 0.1) is 6.92 Å². The Morgan fingerprint density at radius 3 is 2.33 bits per heavy atom. The van der Waals surface area contributed by atoms with Crippen LogP contribution in [-0.2, 0) is 5.66 Å². The Hall–Kier alpha value is -1.07. The molecular weight excluding hydrogens is 205 g/mol. The maximum Gasteiger partial charge on any atom is 0.426 e. The second kappa shape index (κ2) is 2.96. The molecule has 0 saturated carbocycles. The van der Waals surface area contributed by atoms with E-state index in [4.69, 9.17) is 0 Å². The van der Waals surface area contributed by atoms with Gasteiger partial charge in [-0.1, -0.05) is 29.8 Å². The van der Waals surface area contributed by atoms with Crippen LogP contribution >= 0.6 is 0 Å². The van der Waals surface area contributed by atoms with Crippen molar-refractivity contribution in [2.75, 3.05) is 7.05 Å². The van der Waals surface area contributed by atoms with Gasteiger partial charge in [-0.25, -0.2) is 10.4 Å². The summed E-state index contributed by atoms with van der Waals surface area (Å²) in [6.07, 6.45) is -4.31. The van der Waals surface area contributed by atoms with Gasteiger partial charge in [0.1, 0.15) is 0 Å². The predicted molar refractivity (Wildman–Crippen MR) is 49.8 cm³/mol. The van der Waals surface area contributed by atoms with Gasteiger partial charge in [-0.05, 0) is 12.5 Å². The average molecular weight is 216 g/mol. The molecule has 1 aromatic carbocycles. The van der Waals surface area contributed by atoms with E-state index in [1.165, 1.54) is 13.1 Å². The SMILES string of the molecule is Cc1cccc(C2(C(F)(F)F)NN2C)c1. The number of nitrogens with one attached hydrogen (secondary N) is 1. The number of nitrogens with zero attached hydrogens (tertiary/aromatic N) is 1. The van der Waals surface area contributed by atoms with Crippen LogP contribution in [0.1, 0.15) is 11.1 Å².